The average molecular weight is 369 g/mol. The second-order valence-corrected chi connectivity index (χ2v) is 6.57. The smallest absolute Gasteiger partial charge is 0.258 e. The van der Waals surface area contributed by atoms with E-state index in [-0.39, 0.29) is 23.8 Å². The molecule has 0 saturated heterocycles. The molecule has 9 heteroatoms. The van der Waals surface area contributed by atoms with Crippen molar-refractivity contribution < 1.29 is 9.13 Å². The van der Waals surface area contributed by atoms with E-state index in [0.717, 1.165) is 37.1 Å². The van der Waals surface area contributed by atoms with Gasteiger partial charge < -0.3 is 10.1 Å². The number of rotatable bonds is 5. The maximum Gasteiger partial charge on any atom is 0.258 e. The van der Waals surface area contributed by atoms with Crippen molar-refractivity contribution in [3.63, 3.8) is 0 Å². The first kappa shape index (κ1) is 17.3. The Kier molecular flexibility index (Phi) is 4.66. The standard InChI is InChI=1S/C18H20FN7O/c1-11-9-12(2)26(25-11)18-23-16(22-14-10-20-7-8-21-14)15(19)17(24-18)27-13-5-3-4-6-13/h7-10,13H,3-6H2,1-2H3,(H,21,22,23,24). The fourth-order valence-electron chi connectivity index (χ4n) is 3.15. The lowest BCUT2D eigenvalue weighted by molar-refractivity contribution is 0.191. The Labute approximate surface area is 155 Å². The molecule has 27 heavy (non-hydrogen) atoms. The minimum atomic E-state index is -0.655. The minimum absolute atomic E-state index is 0.0268. The zero-order chi connectivity index (χ0) is 18.8. The molecule has 0 bridgehead atoms. The van der Waals surface area contributed by atoms with Crippen molar-refractivity contribution in [2.24, 2.45) is 0 Å². The molecule has 0 radical (unpaired) electrons. The fourth-order valence-corrected chi connectivity index (χ4v) is 3.15. The van der Waals surface area contributed by atoms with Crippen molar-refractivity contribution in [1.29, 1.82) is 0 Å². The van der Waals surface area contributed by atoms with Crippen molar-refractivity contribution in [3.05, 3.63) is 41.9 Å². The Balaban J connectivity index is 1.76. The van der Waals surface area contributed by atoms with Crippen LogP contribution in [0.15, 0.2) is 24.7 Å². The predicted molar refractivity (Wildman–Crippen MR) is 96.8 cm³/mol. The Morgan fingerprint density at radius 2 is 2.00 bits per heavy atom. The summed E-state index contributed by atoms with van der Waals surface area (Å²) in [6.07, 6.45) is 8.45. The maximum atomic E-state index is 15.0. The van der Waals surface area contributed by atoms with Gasteiger partial charge in [-0.15, -0.1) is 0 Å². The van der Waals surface area contributed by atoms with Gasteiger partial charge in [0.25, 0.3) is 11.8 Å². The van der Waals surface area contributed by atoms with E-state index in [0.29, 0.717) is 5.82 Å². The van der Waals surface area contributed by atoms with Gasteiger partial charge in [0, 0.05) is 18.1 Å². The van der Waals surface area contributed by atoms with Gasteiger partial charge >= 0.3 is 0 Å². The summed E-state index contributed by atoms with van der Waals surface area (Å²) in [7, 11) is 0. The lowest BCUT2D eigenvalue weighted by Gasteiger charge is -2.16. The number of halogens is 1. The zero-order valence-corrected chi connectivity index (χ0v) is 15.2. The first-order valence-corrected chi connectivity index (χ1v) is 8.91. The summed E-state index contributed by atoms with van der Waals surface area (Å²) >= 11 is 0. The largest absolute Gasteiger partial charge is 0.472 e. The highest BCUT2D eigenvalue weighted by molar-refractivity contribution is 5.54. The van der Waals surface area contributed by atoms with E-state index in [2.05, 4.69) is 30.4 Å². The van der Waals surface area contributed by atoms with Gasteiger partial charge in [-0.3, -0.25) is 4.98 Å². The fraction of sp³-hybridized carbons (Fsp3) is 0.389. The number of ether oxygens (including phenoxy) is 1. The summed E-state index contributed by atoms with van der Waals surface area (Å²) in [5, 5.41) is 7.24. The maximum absolute atomic E-state index is 15.0. The monoisotopic (exact) mass is 369 g/mol. The normalized spacial score (nSPS) is 14.5. The summed E-state index contributed by atoms with van der Waals surface area (Å²) in [4.78, 5) is 16.7. The third-order valence-corrected chi connectivity index (χ3v) is 4.40. The highest BCUT2D eigenvalue weighted by Crippen LogP contribution is 2.29. The number of hydrogen-bond acceptors (Lipinski definition) is 7. The van der Waals surface area contributed by atoms with Crippen LogP contribution in [0.4, 0.5) is 16.0 Å². The Morgan fingerprint density at radius 1 is 1.19 bits per heavy atom. The van der Waals surface area contributed by atoms with E-state index in [1.165, 1.54) is 18.6 Å². The molecule has 8 nitrogen and oxygen atoms in total. The molecule has 140 valence electrons. The van der Waals surface area contributed by atoms with E-state index >= 15 is 4.39 Å². The Hall–Kier alpha value is -3.10. The molecule has 1 N–H and O–H groups in total. The molecular formula is C18H20FN7O. The van der Waals surface area contributed by atoms with Crippen LogP contribution in [-0.4, -0.2) is 35.8 Å². The predicted octanol–water partition coefficient (Wildman–Crippen LogP) is 3.27. The number of nitrogens with zero attached hydrogens (tertiary/aromatic N) is 6. The first-order valence-electron chi connectivity index (χ1n) is 8.91. The van der Waals surface area contributed by atoms with E-state index in [1.807, 2.05) is 19.9 Å². The summed E-state index contributed by atoms with van der Waals surface area (Å²) in [6, 6.07) is 1.90. The average Bonchev–Trinajstić information content (AvgIpc) is 3.28. The molecule has 1 saturated carbocycles. The second-order valence-electron chi connectivity index (χ2n) is 6.57. The second kappa shape index (κ2) is 7.26. The van der Waals surface area contributed by atoms with Crippen molar-refractivity contribution in [2.75, 3.05) is 5.32 Å². The van der Waals surface area contributed by atoms with Gasteiger partial charge in [0.15, 0.2) is 5.82 Å². The summed E-state index contributed by atoms with van der Waals surface area (Å²) in [5.41, 5.74) is 1.67. The van der Waals surface area contributed by atoms with Gasteiger partial charge in [-0.2, -0.15) is 19.5 Å². The Bertz CT molecular complexity index is 938. The molecular weight excluding hydrogens is 349 g/mol. The van der Waals surface area contributed by atoms with Gasteiger partial charge in [-0.1, -0.05) is 0 Å². The van der Waals surface area contributed by atoms with Gasteiger partial charge in [-0.05, 0) is 45.6 Å². The molecule has 4 rings (SSSR count). The van der Waals surface area contributed by atoms with E-state index in [1.54, 1.807) is 4.68 Å². The van der Waals surface area contributed by atoms with Crippen LogP contribution in [0.1, 0.15) is 37.1 Å². The van der Waals surface area contributed by atoms with Gasteiger partial charge in [0.05, 0.1) is 11.9 Å². The van der Waals surface area contributed by atoms with E-state index < -0.39 is 5.82 Å². The van der Waals surface area contributed by atoms with Crippen LogP contribution >= 0.6 is 0 Å². The highest BCUT2D eigenvalue weighted by atomic mass is 19.1. The lowest BCUT2D eigenvalue weighted by Crippen LogP contribution is -2.16. The molecule has 0 aromatic carbocycles. The number of aryl methyl sites for hydroxylation is 2. The van der Waals surface area contributed by atoms with Crippen LogP contribution in [0.25, 0.3) is 5.95 Å². The number of hydrogen-bond donors (Lipinski definition) is 1. The molecule has 1 aliphatic carbocycles. The van der Waals surface area contributed by atoms with Crippen LogP contribution in [0.5, 0.6) is 5.88 Å². The zero-order valence-electron chi connectivity index (χ0n) is 15.2. The lowest BCUT2D eigenvalue weighted by atomic mass is 10.3. The molecule has 1 aliphatic rings. The van der Waals surface area contributed by atoms with E-state index in [4.69, 9.17) is 4.74 Å². The molecule has 0 amide bonds. The van der Waals surface area contributed by atoms with Crippen molar-refractivity contribution in [2.45, 2.75) is 45.6 Å². The molecule has 0 atom stereocenters. The molecule has 3 aromatic rings. The molecule has 0 spiro atoms. The number of nitrogens with one attached hydrogen (secondary N) is 1. The van der Waals surface area contributed by atoms with Crippen molar-refractivity contribution in [3.8, 4) is 11.8 Å². The first-order chi connectivity index (χ1) is 13.1. The van der Waals surface area contributed by atoms with Crippen LogP contribution in [0.3, 0.4) is 0 Å². The third kappa shape index (κ3) is 3.71. The molecule has 1 fully saturated rings. The van der Waals surface area contributed by atoms with Gasteiger partial charge in [-0.25, -0.2) is 9.67 Å². The quantitative estimate of drug-likeness (QED) is 0.738. The summed E-state index contributed by atoms with van der Waals surface area (Å²) < 4.78 is 22.4. The summed E-state index contributed by atoms with van der Waals surface area (Å²) in [6.45, 7) is 3.77. The molecule has 3 heterocycles. The SMILES string of the molecule is Cc1cc(C)n(-c2nc(Nc3cnccn3)c(F)c(OC3CCCC3)n2)n1. The minimum Gasteiger partial charge on any atom is -0.472 e. The molecule has 0 aliphatic heterocycles. The highest BCUT2D eigenvalue weighted by Gasteiger charge is 2.23. The number of aromatic nitrogens is 6. The van der Waals surface area contributed by atoms with Crippen LogP contribution in [0.2, 0.25) is 0 Å². The van der Waals surface area contributed by atoms with Crippen LogP contribution in [-0.2, 0) is 0 Å². The van der Waals surface area contributed by atoms with Crippen LogP contribution in [0, 0.1) is 19.7 Å². The molecule has 3 aromatic heterocycles. The van der Waals surface area contributed by atoms with Crippen molar-refractivity contribution in [1.82, 2.24) is 29.7 Å². The topological polar surface area (TPSA) is 90.6 Å². The van der Waals surface area contributed by atoms with Crippen LogP contribution < -0.4 is 10.1 Å². The van der Waals surface area contributed by atoms with Gasteiger partial charge in [0.2, 0.25) is 5.82 Å². The Morgan fingerprint density at radius 3 is 2.67 bits per heavy atom. The number of anilines is 2. The van der Waals surface area contributed by atoms with Gasteiger partial charge in [0.1, 0.15) is 11.9 Å². The van der Waals surface area contributed by atoms with Crippen molar-refractivity contribution >= 4 is 11.6 Å². The third-order valence-electron chi connectivity index (χ3n) is 4.40. The molecule has 0 unspecified atom stereocenters. The summed E-state index contributed by atoms with van der Waals surface area (Å²) in [5.74, 6) is -0.146. The van der Waals surface area contributed by atoms with E-state index in [9.17, 15) is 0 Å².